The molecule has 0 spiro atoms. The first kappa shape index (κ1) is 73.9. The lowest BCUT2D eigenvalue weighted by molar-refractivity contribution is -0.396. The molecule has 0 radical (unpaired) electrons. The van der Waals surface area contributed by atoms with Crippen molar-refractivity contribution in [1.82, 2.24) is 15.0 Å². The fourth-order valence-electron chi connectivity index (χ4n) is 12.3. The highest BCUT2D eigenvalue weighted by Crippen LogP contribution is 2.39. The van der Waals surface area contributed by atoms with Crippen molar-refractivity contribution in [3.05, 3.63) is 72.4 Å². The van der Waals surface area contributed by atoms with Gasteiger partial charge in [0.1, 0.15) is 177 Å². The molecular formula is C57H83N3O35. The molecule has 14 bridgehead atoms. The molecule has 0 unspecified atom stereocenters. The number of aromatic nitrogens is 3. The van der Waals surface area contributed by atoms with Crippen molar-refractivity contribution in [2.75, 3.05) is 46.2 Å². The lowest BCUT2D eigenvalue weighted by Crippen LogP contribution is -2.68. The van der Waals surface area contributed by atoms with Gasteiger partial charge < -0.3 is 174 Å². The molecule has 38 heteroatoms. The topological polar surface area (TPSA) is 585 Å². The molecule has 0 saturated carbocycles. The fraction of sp³-hybridized carbons (Fsp3) is 0.754. The maximum absolute atomic E-state index is 11.3. The van der Waals surface area contributed by atoms with Crippen LogP contribution in [0.1, 0.15) is 5.56 Å². The van der Waals surface area contributed by atoms with Crippen LogP contribution in [-0.4, -0.2) is 383 Å². The Morgan fingerprint density at radius 3 is 0.695 bits per heavy atom. The number of ether oxygens (including phenoxy) is 14. The van der Waals surface area contributed by atoms with Crippen LogP contribution in [0, 0.1) is 0 Å². The molecule has 0 amide bonds. The van der Waals surface area contributed by atoms with Crippen molar-refractivity contribution in [2.45, 2.75) is 221 Å². The van der Waals surface area contributed by atoms with Crippen molar-refractivity contribution < 1.29 is 174 Å². The Bertz CT molecular complexity index is 2430. The quantitative estimate of drug-likeness (QED) is 0.0896. The predicted molar refractivity (Wildman–Crippen MR) is 299 cm³/mol. The molecule has 0 aliphatic carbocycles. The summed E-state index contributed by atoms with van der Waals surface area (Å²) in [6, 6.07) is 20.3. The third kappa shape index (κ3) is 15.7. The van der Waals surface area contributed by atoms with E-state index in [-0.39, 0.29) is 0 Å². The molecular weight excluding hydrogens is 1290 g/mol. The third-order valence-corrected chi connectivity index (χ3v) is 17.6. The largest absolute Gasteiger partial charge is 0.394 e. The molecule has 2 aromatic carbocycles. The van der Waals surface area contributed by atoms with Gasteiger partial charge in [-0.25, -0.2) is 4.68 Å². The number of nitrogens with zero attached hydrogens (tertiary/aromatic N) is 3. The van der Waals surface area contributed by atoms with Crippen LogP contribution in [0.25, 0.3) is 11.3 Å². The monoisotopic (exact) mass is 1370 g/mol. The molecule has 24 rings (SSSR count). The second kappa shape index (κ2) is 32.7. The maximum Gasteiger partial charge on any atom is 0.187 e. The van der Waals surface area contributed by atoms with Crippen LogP contribution in [-0.2, 0) is 72.9 Å². The van der Waals surface area contributed by atoms with E-state index < -0.39 is 261 Å². The van der Waals surface area contributed by atoms with E-state index in [0.29, 0.717) is 0 Å². The summed E-state index contributed by atoms with van der Waals surface area (Å²) in [6.07, 6.45) is -68.3. The summed E-state index contributed by atoms with van der Waals surface area (Å²) in [5.74, 6) is 0. The second-order valence-corrected chi connectivity index (χ2v) is 23.8. The summed E-state index contributed by atoms with van der Waals surface area (Å²) in [5.41, 5.74) is 3.23. The zero-order chi connectivity index (χ0) is 68.3. The predicted octanol–water partition coefficient (Wildman–Crippen LogP) is -12.2. The van der Waals surface area contributed by atoms with Crippen molar-refractivity contribution in [2.24, 2.45) is 0 Å². The van der Waals surface area contributed by atoms with Gasteiger partial charge in [0.05, 0.1) is 59.0 Å². The number of hydrogen-bond donors (Lipinski definition) is 21. The molecule has 536 valence electrons. The van der Waals surface area contributed by atoms with Gasteiger partial charge in [-0.15, -0.1) is 5.10 Å². The second-order valence-electron chi connectivity index (χ2n) is 23.8. The van der Waals surface area contributed by atoms with E-state index in [0.717, 1.165) is 17.8 Å². The Morgan fingerprint density at radius 2 is 0.484 bits per heavy atom. The Labute approximate surface area is 538 Å². The van der Waals surface area contributed by atoms with E-state index in [9.17, 15) is 107 Å². The molecule has 21 saturated heterocycles. The number of benzene rings is 2. The van der Waals surface area contributed by atoms with E-state index in [1.54, 1.807) is 0 Å². The van der Waals surface area contributed by atoms with Gasteiger partial charge in [0.25, 0.3) is 0 Å². The molecule has 3 aromatic rings. The highest BCUT2D eigenvalue weighted by molar-refractivity contribution is 5.57. The molecule has 35 atom stereocenters. The van der Waals surface area contributed by atoms with Crippen LogP contribution >= 0.6 is 0 Å². The average molecular weight is 1370 g/mol. The van der Waals surface area contributed by atoms with Crippen molar-refractivity contribution >= 4 is 0 Å². The van der Waals surface area contributed by atoms with Gasteiger partial charge in [-0.1, -0.05) is 65.9 Å². The Hall–Kier alpha value is -3.82. The Kier molecular flexibility index (Phi) is 25.4. The molecule has 21 aliphatic heterocycles. The zero-order valence-electron chi connectivity index (χ0n) is 50.2. The Balaban J connectivity index is 0.000000466. The molecule has 21 aliphatic rings. The Morgan fingerprint density at radius 1 is 0.274 bits per heavy atom. The van der Waals surface area contributed by atoms with E-state index in [1.807, 2.05) is 59.4 Å². The first-order chi connectivity index (χ1) is 45.6. The first-order valence-electron chi connectivity index (χ1n) is 30.5. The van der Waals surface area contributed by atoms with Crippen LogP contribution in [0.2, 0.25) is 0 Å². The summed E-state index contributed by atoms with van der Waals surface area (Å²) in [5, 5.41) is 239. The van der Waals surface area contributed by atoms with E-state index >= 15 is 0 Å². The maximum atomic E-state index is 11.3. The molecule has 1 aromatic heterocycles. The van der Waals surface area contributed by atoms with Crippen molar-refractivity contribution in [3.63, 3.8) is 0 Å². The minimum Gasteiger partial charge on any atom is -0.394 e. The number of hydrogen-bond acceptors (Lipinski definition) is 37. The van der Waals surface area contributed by atoms with Crippen LogP contribution in [0.5, 0.6) is 0 Å². The standard InChI is InChI=1S/C42H70O35.C15H13N3/c43-1-8-29-15(50)22(57)36(64-8)72-30-9(2-44)66-38(24(59)17(30)52)74-32-11(4-46)68-40(26(61)19(32)54)76-34-13(6-48)70-42(28(63)21(34)56)77-35-14(7-49)69-41(27(62)20(35)55)75-33-12(5-47)67-39(25(60)18(33)53)73-31-10(3-45)65-37(71-29)23(58)16(31)51;1-3-7-13(8-4-1)11-18-12-15(16-17-18)14-9-5-2-6-10-14/h8-63H,1-7H2;1-10,12H,11H2/t8-,9-,10-,11-,12-,13-,14-,15-,16-,17-,18-,19-,20-,21-,22-,23-,24-,25-,26-,27-,28-,29-,30-,31-,32-,33-,34-,35-,36-,37-,38-,39-,40-,41-,42-;/m1./s1. The summed E-state index contributed by atoms with van der Waals surface area (Å²) < 4.78 is 81.3. The summed E-state index contributed by atoms with van der Waals surface area (Å²) in [7, 11) is 0. The normalized spacial score (nSPS) is 46.9. The number of aliphatic hydroxyl groups is 21. The average Bonchev–Trinajstić information content (AvgIpc) is 1.24. The summed E-state index contributed by atoms with van der Waals surface area (Å²) >= 11 is 0. The number of aliphatic hydroxyl groups excluding tert-OH is 21. The highest BCUT2D eigenvalue weighted by Gasteiger charge is 2.59. The highest BCUT2D eigenvalue weighted by atomic mass is 16.8. The van der Waals surface area contributed by atoms with E-state index in [1.165, 1.54) is 5.56 Å². The van der Waals surface area contributed by atoms with Crippen LogP contribution in [0.3, 0.4) is 0 Å². The van der Waals surface area contributed by atoms with Crippen LogP contribution in [0.15, 0.2) is 66.9 Å². The van der Waals surface area contributed by atoms with Crippen molar-refractivity contribution in [3.8, 4) is 11.3 Å². The smallest absolute Gasteiger partial charge is 0.187 e. The van der Waals surface area contributed by atoms with E-state index in [2.05, 4.69) is 22.4 Å². The molecule has 21 N–H and O–H groups in total. The van der Waals surface area contributed by atoms with Crippen LogP contribution in [0.4, 0.5) is 0 Å². The van der Waals surface area contributed by atoms with Gasteiger partial charge in [0.2, 0.25) is 0 Å². The van der Waals surface area contributed by atoms with Gasteiger partial charge >= 0.3 is 0 Å². The van der Waals surface area contributed by atoms with E-state index in [4.69, 9.17) is 66.3 Å². The van der Waals surface area contributed by atoms with Gasteiger partial charge in [-0.2, -0.15) is 0 Å². The lowest BCUT2D eigenvalue weighted by atomic mass is 9.95. The number of rotatable bonds is 10. The van der Waals surface area contributed by atoms with Gasteiger partial charge in [0, 0.05) is 5.56 Å². The minimum atomic E-state index is -2.21. The summed E-state index contributed by atoms with van der Waals surface area (Å²) in [6.45, 7) is -6.58. The zero-order valence-corrected chi connectivity index (χ0v) is 50.2. The van der Waals surface area contributed by atoms with Crippen LogP contribution < -0.4 is 0 Å². The molecule has 22 heterocycles. The van der Waals surface area contributed by atoms with Crippen molar-refractivity contribution in [1.29, 1.82) is 0 Å². The fourth-order valence-corrected chi connectivity index (χ4v) is 12.3. The van der Waals surface area contributed by atoms with Gasteiger partial charge in [-0.3, -0.25) is 0 Å². The van der Waals surface area contributed by atoms with Gasteiger partial charge in [-0.05, 0) is 5.56 Å². The lowest BCUT2D eigenvalue weighted by Gasteiger charge is -2.50. The summed E-state index contributed by atoms with van der Waals surface area (Å²) in [4.78, 5) is 0. The first-order valence-corrected chi connectivity index (χ1v) is 30.5. The SMILES string of the molecule is OC[C@H]1O[C@@H]2O[C@H]3[C@H](O)[C@@H](O)[C@@H](O[C@H]4[C@H](O)[C@@H](O)[C@@H](O[C@H]5[C@H](O)[C@@H](O)[C@@H](O[C@H]6[C@H](O)[C@@H](O)[C@@H](O[C@H]7[C@H](O)[C@@H](O)[C@@H](O[C@H]8[C@H](O)[C@@H](O)[C@@H](O[C@H]1[C@H](O)[C@H]2O)O[C@@H]8CO)O[C@@H]7CO)O[C@@H]6CO)O[C@@H]5CO)O[C@@H]4CO)O[C@@H]3CO.c1ccc(Cn2cc(-c3ccccc3)nn2)cc1. The third-order valence-electron chi connectivity index (χ3n) is 17.6. The molecule has 95 heavy (non-hydrogen) atoms. The molecule has 38 nitrogen and oxygen atoms in total. The molecule has 21 fully saturated rings. The minimum absolute atomic E-state index is 0.751. The van der Waals surface area contributed by atoms with Gasteiger partial charge in [0.15, 0.2) is 44.0 Å².